The van der Waals surface area contributed by atoms with Gasteiger partial charge in [-0.25, -0.2) is 0 Å². The van der Waals surface area contributed by atoms with Gasteiger partial charge in [0.15, 0.2) is 0 Å². The number of hydrogen-bond donors (Lipinski definition) is 0. The summed E-state index contributed by atoms with van der Waals surface area (Å²) in [7, 11) is 1.35. The minimum absolute atomic E-state index is 0.250. The molecule has 0 aliphatic rings. The number of esters is 1. The molecule has 0 aliphatic heterocycles. The van der Waals surface area contributed by atoms with Gasteiger partial charge in [-0.1, -0.05) is 23.2 Å². The van der Waals surface area contributed by atoms with Crippen LogP contribution in [-0.4, -0.2) is 19.7 Å². The number of halogens is 3. The quantitative estimate of drug-likeness (QED) is 0.451. The van der Waals surface area contributed by atoms with Crippen LogP contribution in [0.2, 0.25) is 10.0 Å². The lowest BCUT2D eigenvalue weighted by Crippen LogP contribution is -2.04. The molecule has 0 radical (unpaired) electrons. The van der Waals surface area contributed by atoms with Gasteiger partial charge in [0.2, 0.25) is 0 Å². The van der Waals surface area contributed by atoms with Gasteiger partial charge in [-0.3, -0.25) is 4.79 Å². The van der Waals surface area contributed by atoms with Crippen LogP contribution in [0, 0.1) is 0 Å². The second-order valence-electron chi connectivity index (χ2n) is 3.53. The Hall–Kier alpha value is -0.640. The number of methoxy groups -OCH3 is 1. The molecule has 18 heavy (non-hydrogen) atoms. The van der Waals surface area contributed by atoms with Gasteiger partial charge in [0, 0.05) is 12.0 Å². The largest absolute Gasteiger partial charge is 0.493 e. The van der Waals surface area contributed by atoms with E-state index in [-0.39, 0.29) is 11.8 Å². The van der Waals surface area contributed by atoms with Crippen molar-refractivity contribution >= 4 is 40.8 Å². The van der Waals surface area contributed by atoms with Crippen LogP contribution < -0.4 is 4.74 Å². The van der Waals surface area contributed by atoms with Crippen LogP contribution in [0.25, 0.3) is 0 Å². The fourth-order valence-electron chi connectivity index (χ4n) is 1.30. The zero-order valence-corrected chi connectivity index (χ0v) is 12.1. The topological polar surface area (TPSA) is 35.5 Å². The van der Waals surface area contributed by atoms with E-state index in [9.17, 15) is 4.79 Å². The third kappa shape index (κ3) is 4.56. The third-order valence-corrected chi connectivity index (χ3v) is 3.21. The number of carbonyl (C=O) groups is 1. The number of hydrogen-bond acceptors (Lipinski definition) is 3. The first-order chi connectivity index (χ1) is 8.58. The van der Waals surface area contributed by atoms with Gasteiger partial charge in [-0.05, 0) is 18.6 Å². The lowest BCUT2D eigenvalue weighted by Gasteiger charge is -2.09. The fraction of sp³-hybridized carbons (Fsp3) is 0.417. The predicted octanol–water partition coefficient (Wildman–Crippen LogP) is 4.06. The zero-order valence-electron chi connectivity index (χ0n) is 9.84. The molecule has 0 unspecified atom stereocenters. The van der Waals surface area contributed by atoms with Crippen molar-refractivity contribution in [2.45, 2.75) is 18.7 Å². The smallest absolute Gasteiger partial charge is 0.305 e. The highest BCUT2D eigenvalue weighted by molar-refractivity contribution is 6.37. The number of rotatable bonds is 6. The molecule has 0 aromatic heterocycles. The molecule has 1 rings (SSSR count). The van der Waals surface area contributed by atoms with Gasteiger partial charge in [0.1, 0.15) is 5.75 Å². The Balaban J connectivity index is 2.51. The number of carbonyl (C=O) groups excluding carboxylic acids is 1. The van der Waals surface area contributed by atoms with Gasteiger partial charge >= 0.3 is 5.97 Å². The maximum atomic E-state index is 10.9. The summed E-state index contributed by atoms with van der Waals surface area (Å²) in [5, 5.41) is 0.945. The molecule has 0 heterocycles. The maximum absolute atomic E-state index is 10.9. The van der Waals surface area contributed by atoms with E-state index >= 15 is 0 Å². The van der Waals surface area contributed by atoms with Crippen LogP contribution in [-0.2, 0) is 15.4 Å². The van der Waals surface area contributed by atoms with Gasteiger partial charge in [0.25, 0.3) is 0 Å². The molecule has 100 valence electrons. The molecule has 1 aromatic carbocycles. The van der Waals surface area contributed by atoms with Crippen molar-refractivity contribution in [2.24, 2.45) is 0 Å². The molecule has 0 spiro atoms. The fourth-order valence-corrected chi connectivity index (χ4v) is 2.32. The zero-order chi connectivity index (χ0) is 13.5. The van der Waals surface area contributed by atoms with Crippen LogP contribution in [0.1, 0.15) is 18.4 Å². The van der Waals surface area contributed by atoms with Crippen LogP contribution >= 0.6 is 34.8 Å². The van der Waals surface area contributed by atoms with Crippen molar-refractivity contribution in [1.29, 1.82) is 0 Å². The summed E-state index contributed by atoms with van der Waals surface area (Å²) in [6.07, 6.45) is 0.886. The molecule has 6 heteroatoms. The molecule has 0 atom stereocenters. The first kappa shape index (κ1) is 15.4. The summed E-state index contributed by atoms with van der Waals surface area (Å²) in [5.74, 6) is 0.552. The molecular weight excluding hydrogens is 298 g/mol. The highest BCUT2D eigenvalue weighted by atomic mass is 35.5. The summed E-state index contributed by atoms with van der Waals surface area (Å²) >= 11 is 17.7. The second kappa shape index (κ2) is 7.72. The Morgan fingerprint density at radius 2 is 1.89 bits per heavy atom. The molecular formula is C12H13Cl3O3. The van der Waals surface area contributed by atoms with E-state index in [1.54, 1.807) is 12.1 Å². The Kier molecular flexibility index (Phi) is 6.61. The Morgan fingerprint density at radius 3 is 2.39 bits per heavy atom. The van der Waals surface area contributed by atoms with Gasteiger partial charge in [-0.2, -0.15) is 0 Å². The molecule has 0 amide bonds. The first-order valence-corrected chi connectivity index (χ1v) is 6.61. The van der Waals surface area contributed by atoms with Crippen molar-refractivity contribution < 1.29 is 14.3 Å². The van der Waals surface area contributed by atoms with Crippen molar-refractivity contribution in [1.82, 2.24) is 0 Å². The lowest BCUT2D eigenvalue weighted by atomic mass is 10.2. The minimum Gasteiger partial charge on any atom is -0.493 e. The second-order valence-corrected chi connectivity index (χ2v) is 4.61. The molecule has 0 bridgehead atoms. The van der Waals surface area contributed by atoms with Crippen molar-refractivity contribution in [2.75, 3.05) is 13.7 Å². The molecule has 0 saturated heterocycles. The molecule has 0 aliphatic carbocycles. The monoisotopic (exact) mass is 310 g/mol. The van der Waals surface area contributed by atoms with E-state index in [1.165, 1.54) is 7.11 Å². The summed E-state index contributed by atoms with van der Waals surface area (Å²) in [6.45, 7) is 0.391. The van der Waals surface area contributed by atoms with Crippen molar-refractivity contribution in [3.8, 4) is 5.75 Å². The highest BCUT2D eigenvalue weighted by Gasteiger charge is 2.08. The molecule has 0 N–H and O–H groups in total. The SMILES string of the molecule is COC(=O)CCCOc1cc(Cl)c(CCl)c(Cl)c1. The van der Waals surface area contributed by atoms with Crippen LogP contribution in [0.5, 0.6) is 5.75 Å². The normalized spacial score (nSPS) is 10.2. The molecule has 0 saturated carbocycles. The van der Waals surface area contributed by atoms with Crippen molar-refractivity contribution in [3.05, 3.63) is 27.7 Å². The Labute approximate surface area is 121 Å². The van der Waals surface area contributed by atoms with E-state index in [4.69, 9.17) is 39.5 Å². The lowest BCUT2D eigenvalue weighted by molar-refractivity contribution is -0.140. The molecule has 3 nitrogen and oxygen atoms in total. The van der Waals surface area contributed by atoms with Crippen LogP contribution in [0.4, 0.5) is 0 Å². The summed E-state index contributed by atoms with van der Waals surface area (Å²) in [5.41, 5.74) is 0.682. The van der Waals surface area contributed by atoms with E-state index in [0.29, 0.717) is 40.8 Å². The summed E-state index contributed by atoms with van der Waals surface area (Å²) in [6, 6.07) is 3.31. The highest BCUT2D eigenvalue weighted by Crippen LogP contribution is 2.31. The van der Waals surface area contributed by atoms with Gasteiger partial charge in [0.05, 0.1) is 29.6 Å². The van der Waals surface area contributed by atoms with Crippen LogP contribution in [0.15, 0.2) is 12.1 Å². The average Bonchev–Trinajstić information content (AvgIpc) is 2.34. The average molecular weight is 312 g/mol. The van der Waals surface area contributed by atoms with E-state index in [0.717, 1.165) is 0 Å². The Bertz CT molecular complexity index is 398. The van der Waals surface area contributed by atoms with E-state index in [1.807, 2.05) is 0 Å². The summed E-state index contributed by atoms with van der Waals surface area (Å²) in [4.78, 5) is 10.9. The predicted molar refractivity (Wildman–Crippen MR) is 72.8 cm³/mol. The molecule has 1 aromatic rings. The summed E-state index contributed by atoms with van der Waals surface area (Å²) < 4.78 is 9.96. The standard InChI is InChI=1S/C12H13Cl3O3/c1-17-12(16)3-2-4-18-8-5-10(14)9(7-13)11(15)6-8/h5-6H,2-4,7H2,1H3. The Morgan fingerprint density at radius 1 is 1.28 bits per heavy atom. The number of ether oxygens (including phenoxy) is 2. The maximum Gasteiger partial charge on any atom is 0.305 e. The number of alkyl halides is 1. The first-order valence-electron chi connectivity index (χ1n) is 5.32. The minimum atomic E-state index is -0.257. The van der Waals surface area contributed by atoms with Gasteiger partial charge < -0.3 is 9.47 Å². The third-order valence-electron chi connectivity index (χ3n) is 2.27. The van der Waals surface area contributed by atoms with E-state index in [2.05, 4.69) is 4.74 Å². The number of benzene rings is 1. The van der Waals surface area contributed by atoms with E-state index < -0.39 is 0 Å². The van der Waals surface area contributed by atoms with Crippen LogP contribution in [0.3, 0.4) is 0 Å². The van der Waals surface area contributed by atoms with Crippen molar-refractivity contribution in [3.63, 3.8) is 0 Å². The molecule has 0 fully saturated rings. The van der Waals surface area contributed by atoms with Gasteiger partial charge in [-0.15, -0.1) is 11.6 Å².